The number of hydrogen-bond acceptors (Lipinski definition) is 2. The van der Waals surface area contributed by atoms with E-state index in [1.807, 2.05) is 12.3 Å². The number of imidazole rings is 1. The molecule has 0 aliphatic heterocycles. The van der Waals surface area contributed by atoms with Gasteiger partial charge < -0.3 is 4.98 Å². The van der Waals surface area contributed by atoms with E-state index in [0.29, 0.717) is 0 Å². The van der Waals surface area contributed by atoms with Crippen molar-refractivity contribution in [3.63, 3.8) is 0 Å². The van der Waals surface area contributed by atoms with E-state index in [1.165, 1.54) is 16.6 Å². The molecule has 0 atom stereocenters. The molecule has 0 aliphatic carbocycles. The van der Waals surface area contributed by atoms with Crippen LogP contribution in [0, 0.1) is 6.92 Å². The molecule has 3 nitrogen and oxygen atoms in total. The summed E-state index contributed by atoms with van der Waals surface area (Å²) < 4.78 is 2.21. The molecule has 0 saturated carbocycles. The van der Waals surface area contributed by atoms with Crippen LogP contribution in [0.4, 0.5) is 0 Å². The molecule has 3 heterocycles. The quantitative estimate of drug-likeness (QED) is 0.549. The third kappa shape index (κ3) is 1.21. The van der Waals surface area contributed by atoms with Gasteiger partial charge in [0, 0.05) is 33.7 Å². The number of rotatable bonds is 1. The second kappa shape index (κ2) is 3.46. The Labute approximate surface area is 108 Å². The van der Waals surface area contributed by atoms with Crippen molar-refractivity contribution in [2.45, 2.75) is 6.92 Å². The molecule has 0 aliphatic rings. The molecule has 0 radical (unpaired) electrons. The van der Waals surface area contributed by atoms with Crippen molar-refractivity contribution in [2.75, 3.05) is 0 Å². The first kappa shape index (κ1) is 9.91. The highest BCUT2D eigenvalue weighted by Crippen LogP contribution is 2.31. The van der Waals surface area contributed by atoms with Crippen molar-refractivity contribution < 1.29 is 0 Å². The minimum atomic E-state index is 1.05. The zero-order chi connectivity index (χ0) is 12.1. The van der Waals surface area contributed by atoms with Gasteiger partial charge in [-0.1, -0.05) is 18.2 Å². The van der Waals surface area contributed by atoms with Gasteiger partial charge in [0.2, 0.25) is 0 Å². The van der Waals surface area contributed by atoms with Gasteiger partial charge in [0.25, 0.3) is 0 Å². The Morgan fingerprint density at radius 2 is 2.17 bits per heavy atom. The molecular weight excluding hydrogens is 242 g/mol. The summed E-state index contributed by atoms with van der Waals surface area (Å²) in [5, 5.41) is 3.38. The van der Waals surface area contributed by atoms with Gasteiger partial charge in [-0.2, -0.15) is 0 Å². The van der Waals surface area contributed by atoms with Crippen molar-refractivity contribution in [1.29, 1.82) is 0 Å². The standard InChI is InChI=1S/C14H11N3S/c1-9-8-18-14-16-7-13(17(9)14)11-6-15-12-5-3-2-4-10(11)12/h2-8,15H,1H3. The molecule has 0 unspecified atom stereocenters. The Balaban J connectivity index is 2.10. The zero-order valence-electron chi connectivity index (χ0n) is 9.84. The molecule has 4 rings (SSSR count). The van der Waals surface area contributed by atoms with Gasteiger partial charge in [-0.15, -0.1) is 11.3 Å². The SMILES string of the molecule is Cc1csc2ncc(-c3c[nH]c4ccccc34)n12. The second-order valence-corrected chi connectivity index (χ2v) is 5.22. The number of hydrogen-bond donors (Lipinski definition) is 1. The number of nitrogens with zero attached hydrogens (tertiary/aromatic N) is 2. The van der Waals surface area contributed by atoms with E-state index in [0.717, 1.165) is 16.2 Å². The summed E-state index contributed by atoms with van der Waals surface area (Å²) in [6, 6.07) is 8.35. The lowest BCUT2D eigenvalue weighted by Gasteiger charge is -1.99. The lowest BCUT2D eigenvalue weighted by molar-refractivity contribution is 1.14. The normalized spacial score (nSPS) is 11.6. The Morgan fingerprint density at radius 1 is 1.28 bits per heavy atom. The predicted molar refractivity (Wildman–Crippen MR) is 75.1 cm³/mol. The smallest absolute Gasteiger partial charge is 0.194 e. The molecule has 0 bridgehead atoms. The molecule has 0 amide bonds. The summed E-state index contributed by atoms with van der Waals surface area (Å²) in [5.74, 6) is 0. The molecular formula is C14H11N3S. The van der Waals surface area contributed by atoms with Gasteiger partial charge in [-0.05, 0) is 13.0 Å². The van der Waals surface area contributed by atoms with Crippen LogP contribution in [0.1, 0.15) is 5.69 Å². The van der Waals surface area contributed by atoms with Crippen molar-refractivity contribution in [3.8, 4) is 11.3 Å². The highest BCUT2D eigenvalue weighted by Gasteiger charge is 2.12. The third-order valence-electron chi connectivity index (χ3n) is 3.28. The maximum atomic E-state index is 4.47. The number of aromatic amines is 1. The third-order valence-corrected chi connectivity index (χ3v) is 4.24. The number of nitrogens with one attached hydrogen (secondary N) is 1. The maximum Gasteiger partial charge on any atom is 0.194 e. The number of para-hydroxylation sites is 1. The number of benzene rings is 1. The molecule has 0 saturated heterocycles. The average molecular weight is 253 g/mol. The summed E-state index contributed by atoms with van der Waals surface area (Å²) in [6.07, 6.45) is 4.01. The van der Waals surface area contributed by atoms with Crippen LogP contribution >= 0.6 is 11.3 Å². The predicted octanol–water partition coefficient (Wildman–Crippen LogP) is 3.85. The number of fused-ring (bicyclic) bond motifs is 2. The fourth-order valence-electron chi connectivity index (χ4n) is 2.42. The molecule has 0 fully saturated rings. The second-order valence-electron chi connectivity index (χ2n) is 4.39. The Bertz CT molecular complexity index is 850. The van der Waals surface area contributed by atoms with Gasteiger partial charge >= 0.3 is 0 Å². The van der Waals surface area contributed by atoms with E-state index in [1.54, 1.807) is 11.3 Å². The average Bonchev–Trinajstić information content (AvgIpc) is 3.06. The van der Waals surface area contributed by atoms with Gasteiger partial charge in [-0.25, -0.2) is 4.98 Å². The van der Waals surface area contributed by atoms with Crippen LogP contribution in [0.5, 0.6) is 0 Å². The highest BCUT2D eigenvalue weighted by atomic mass is 32.1. The summed E-state index contributed by atoms with van der Waals surface area (Å²) in [4.78, 5) is 8.83. The summed E-state index contributed by atoms with van der Waals surface area (Å²) in [6.45, 7) is 2.11. The van der Waals surface area contributed by atoms with Gasteiger partial charge in [0.05, 0.1) is 11.9 Å². The van der Waals surface area contributed by atoms with Crippen LogP contribution in [0.25, 0.3) is 27.1 Å². The van der Waals surface area contributed by atoms with Crippen LogP contribution in [-0.2, 0) is 0 Å². The Kier molecular flexibility index (Phi) is 1.91. The number of H-pyrrole nitrogens is 1. The zero-order valence-corrected chi connectivity index (χ0v) is 10.7. The molecule has 4 heteroatoms. The number of thiazole rings is 1. The summed E-state index contributed by atoms with van der Waals surface area (Å²) >= 11 is 1.68. The molecule has 1 aromatic carbocycles. The summed E-state index contributed by atoms with van der Waals surface area (Å²) in [7, 11) is 0. The summed E-state index contributed by atoms with van der Waals surface area (Å²) in [5.41, 5.74) is 4.75. The monoisotopic (exact) mass is 253 g/mol. The van der Waals surface area contributed by atoms with E-state index in [9.17, 15) is 0 Å². The molecule has 88 valence electrons. The largest absolute Gasteiger partial charge is 0.360 e. The van der Waals surface area contributed by atoms with Gasteiger partial charge in [-0.3, -0.25) is 4.40 Å². The first-order valence-corrected chi connectivity index (χ1v) is 6.70. The lowest BCUT2D eigenvalue weighted by atomic mass is 10.1. The fourth-order valence-corrected chi connectivity index (χ4v) is 3.27. The Hall–Kier alpha value is -2.07. The van der Waals surface area contributed by atoms with Gasteiger partial charge in [0.15, 0.2) is 4.96 Å². The van der Waals surface area contributed by atoms with Crippen molar-refractivity contribution >= 4 is 27.2 Å². The van der Waals surface area contributed by atoms with E-state index in [-0.39, 0.29) is 0 Å². The van der Waals surface area contributed by atoms with Crippen LogP contribution in [0.15, 0.2) is 42.0 Å². The van der Waals surface area contributed by atoms with Crippen LogP contribution in [-0.4, -0.2) is 14.4 Å². The molecule has 3 aromatic heterocycles. The van der Waals surface area contributed by atoms with Crippen LogP contribution in [0.2, 0.25) is 0 Å². The van der Waals surface area contributed by atoms with Crippen molar-refractivity contribution in [1.82, 2.24) is 14.4 Å². The minimum absolute atomic E-state index is 1.05. The van der Waals surface area contributed by atoms with E-state index < -0.39 is 0 Å². The minimum Gasteiger partial charge on any atom is -0.360 e. The lowest BCUT2D eigenvalue weighted by Crippen LogP contribution is -1.86. The molecule has 0 spiro atoms. The van der Waals surface area contributed by atoms with Gasteiger partial charge in [0.1, 0.15) is 0 Å². The van der Waals surface area contributed by atoms with Crippen LogP contribution in [0.3, 0.4) is 0 Å². The van der Waals surface area contributed by atoms with Crippen LogP contribution < -0.4 is 0 Å². The van der Waals surface area contributed by atoms with Crippen molar-refractivity contribution in [2.24, 2.45) is 0 Å². The molecule has 4 aromatic rings. The Morgan fingerprint density at radius 3 is 3.11 bits per heavy atom. The highest BCUT2D eigenvalue weighted by molar-refractivity contribution is 7.15. The topological polar surface area (TPSA) is 33.1 Å². The van der Waals surface area contributed by atoms with E-state index >= 15 is 0 Å². The first-order valence-electron chi connectivity index (χ1n) is 5.82. The number of aryl methyl sites for hydroxylation is 1. The molecule has 18 heavy (non-hydrogen) atoms. The number of aromatic nitrogens is 3. The van der Waals surface area contributed by atoms with E-state index in [2.05, 4.69) is 51.1 Å². The molecule has 1 N–H and O–H groups in total. The van der Waals surface area contributed by atoms with Crippen molar-refractivity contribution in [3.05, 3.63) is 47.7 Å². The first-order chi connectivity index (χ1) is 8.84. The van der Waals surface area contributed by atoms with E-state index in [4.69, 9.17) is 0 Å². The maximum absolute atomic E-state index is 4.47. The fraction of sp³-hybridized carbons (Fsp3) is 0.0714.